The average molecular weight is 351 g/mol. The molecule has 1 rings (SSSR count). The summed E-state index contributed by atoms with van der Waals surface area (Å²) in [4.78, 5) is 22.5. The Morgan fingerprint density at radius 1 is 1.25 bits per heavy atom. The van der Waals surface area contributed by atoms with Crippen LogP contribution in [0.5, 0.6) is 0 Å². The molecular weight excluding hydrogens is 338 g/mol. The monoisotopic (exact) mass is 350 g/mol. The van der Waals surface area contributed by atoms with Crippen LogP contribution >= 0.6 is 15.9 Å². The molecule has 110 valence electrons. The number of aliphatic carboxylic acids is 1. The van der Waals surface area contributed by atoms with Gasteiger partial charge in [0.1, 0.15) is 11.7 Å². The molecule has 3 N–H and O–H groups in total. The third kappa shape index (κ3) is 4.16. The lowest BCUT2D eigenvalue weighted by molar-refractivity contribution is -0.140. The Morgan fingerprint density at radius 3 is 2.15 bits per heavy atom. The Morgan fingerprint density at radius 2 is 1.75 bits per heavy atom. The molecule has 0 aromatic heterocycles. The number of carboxylic acid groups (broad SMARTS) is 1. The van der Waals surface area contributed by atoms with E-state index in [1.807, 2.05) is 5.32 Å². The summed E-state index contributed by atoms with van der Waals surface area (Å²) >= 11 is 2.91. The zero-order chi connectivity index (χ0) is 15.4. The van der Waals surface area contributed by atoms with Crippen LogP contribution in [0.25, 0.3) is 0 Å². The largest absolute Gasteiger partial charge is 0.480 e. The maximum Gasteiger partial charge on any atom is 0.326 e. The summed E-state index contributed by atoms with van der Waals surface area (Å²) in [6.45, 7) is 3.19. The number of halogens is 3. The van der Waals surface area contributed by atoms with Gasteiger partial charge in [0.2, 0.25) is 0 Å². The Labute approximate surface area is 122 Å². The van der Waals surface area contributed by atoms with Crippen molar-refractivity contribution in [2.24, 2.45) is 5.92 Å². The highest BCUT2D eigenvalue weighted by molar-refractivity contribution is 9.10. The van der Waals surface area contributed by atoms with Gasteiger partial charge < -0.3 is 15.7 Å². The molecule has 0 heterocycles. The number of carboxylic acids is 1. The third-order valence-electron chi connectivity index (χ3n) is 2.46. The van der Waals surface area contributed by atoms with E-state index in [9.17, 15) is 18.4 Å². The molecule has 0 unspecified atom stereocenters. The smallest absolute Gasteiger partial charge is 0.326 e. The SMILES string of the molecule is CC(C)[C@H](NC(=O)Nc1c(F)cc(Br)cc1F)C(=O)O. The van der Waals surface area contributed by atoms with Crippen LogP contribution in [-0.2, 0) is 4.79 Å². The lowest BCUT2D eigenvalue weighted by Crippen LogP contribution is -2.46. The Bertz CT molecular complexity index is 514. The zero-order valence-corrected chi connectivity index (χ0v) is 12.3. The normalized spacial score (nSPS) is 12.1. The van der Waals surface area contributed by atoms with Gasteiger partial charge in [0, 0.05) is 4.47 Å². The molecule has 2 amide bonds. The molecule has 1 aromatic rings. The first-order chi connectivity index (χ1) is 9.22. The number of anilines is 1. The van der Waals surface area contributed by atoms with E-state index in [1.54, 1.807) is 13.8 Å². The van der Waals surface area contributed by atoms with E-state index in [1.165, 1.54) is 0 Å². The number of rotatable bonds is 4. The van der Waals surface area contributed by atoms with Crippen molar-refractivity contribution in [2.75, 3.05) is 5.32 Å². The van der Waals surface area contributed by atoms with Crippen molar-refractivity contribution in [1.29, 1.82) is 0 Å². The van der Waals surface area contributed by atoms with Gasteiger partial charge in [-0.05, 0) is 18.1 Å². The van der Waals surface area contributed by atoms with Crippen LogP contribution in [0.3, 0.4) is 0 Å². The first-order valence-corrected chi connectivity index (χ1v) is 6.46. The summed E-state index contributed by atoms with van der Waals surface area (Å²) in [5.41, 5.74) is -0.640. The predicted molar refractivity (Wildman–Crippen MR) is 72.5 cm³/mol. The van der Waals surface area contributed by atoms with Gasteiger partial charge >= 0.3 is 12.0 Å². The van der Waals surface area contributed by atoms with Crippen molar-refractivity contribution in [2.45, 2.75) is 19.9 Å². The number of hydrogen-bond acceptors (Lipinski definition) is 2. The minimum Gasteiger partial charge on any atom is -0.480 e. The maximum atomic E-state index is 13.5. The molecule has 0 radical (unpaired) electrons. The molecule has 0 fully saturated rings. The van der Waals surface area contributed by atoms with E-state index in [4.69, 9.17) is 5.11 Å². The lowest BCUT2D eigenvalue weighted by Gasteiger charge is -2.18. The zero-order valence-electron chi connectivity index (χ0n) is 10.7. The minimum atomic E-state index is -1.23. The molecule has 1 aromatic carbocycles. The van der Waals surface area contributed by atoms with Crippen LogP contribution < -0.4 is 10.6 Å². The number of urea groups is 1. The summed E-state index contributed by atoms with van der Waals surface area (Å²) < 4.78 is 27.2. The van der Waals surface area contributed by atoms with E-state index in [-0.39, 0.29) is 10.4 Å². The van der Waals surface area contributed by atoms with Gasteiger partial charge in [-0.3, -0.25) is 0 Å². The highest BCUT2D eigenvalue weighted by Crippen LogP contribution is 2.23. The van der Waals surface area contributed by atoms with Gasteiger partial charge in [-0.25, -0.2) is 18.4 Å². The minimum absolute atomic E-state index is 0.184. The Kier molecular flexibility index (Phi) is 5.43. The highest BCUT2D eigenvalue weighted by atomic mass is 79.9. The quantitative estimate of drug-likeness (QED) is 0.781. The third-order valence-corrected chi connectivity index (χ3v) is 2.92. The molecular formula is C12H13BrF2N2O3. The molecule has 0 saturated heterocycles. The van der Waals surface area contributed by atoms with Gasteiger partial charge in [-0.2, -0.15) is 0 Å². The van der Waals surface area contributed by atoms with Crippen molar-refractivity contribution in [1.82, 2.24) is 5.32 Å². The molecule has 0 aliphatic carbocycles. The maximum absolute atomic E-state index is 13.5. The van der Waals surface area contributed by atoms with Crippen molar-refractivity contribution in [3.05, 3.63) is 28.2 Å². The van der Waals surface area contributed by atoms with E-state index in [0.717, 1.165) is 12.1 Å². The molecule has 1 atom stereocenters. The standard InChI is InChI=1S/C12H13BrF2N2O3/c1-5(2)9(11(18)19)16-12(20)17-10-7(14)3-6(13)4-8(10)15/h3-5,9H,1-2H3,(H,18,19)(H2,16,17,20)/t9-/m0/s1. The van der Waals surface area contributed by atoms with E-state index in [0.29, 0.717) is 0 Å². The first-order valence-electron chi connectivity index (χ1n) is 5.67. The number of hydrogen-bond donors (Lipinski definition) is 3. The van der Waals surface area contributed by atoms with Crippen molar-refractivity contribution in [3.63, 3.8) is 0 Å². The van der Waals surface area contributed by atoms with Gasteiger partial charge in [-0.15, -0.1) is 0 Å². The second-order valence-electron chi connectivity index (χ2n) is 4.40. The first kappa shape index (κ1) is 16.4. The number of carbonyl (C=O) groups is 2. The number of benzene rings is 1. The Hall–Kier alpha value is -1.70. The van der Waals surface area contributed by atoms with Crippen LogP contribution in [0.15, 0.2) is 16.6 Å². The summed E-state index contributed by atoms with van der Waals surface area (Å²) in [5.74, 6) is -3.54. The number of amides is 2. The van der Waals surface area contributed by atoms with Gasteiger partial charge in [0.15, 0.2) is 11.6 Å². The van der Waals surface area contributed by atoms with E-state index >= 15 is 0 Å². The van der Waals surface area contributed by atoms with Crippen LogP contribution in [0.4, 0.5) is 19.3 Å². The molecule has 0 spiro atoms. The van der Waals surface area contributed by atoms with Crippen molar-refractivity contribution in [3.8, 4) is 0 Å². The number of carbonyl (C=O) groups excluding carboxylic acids is 1. The summed E-state index contributed by atoms with van der Waals surface area (Å²) in [5, 5.41) is 13.0. The van der Waals surface area contributed by atoms with Crippen LogP contribution in [0.1, 0.15) is 13.8 Å². The Balaban J connectivity index is 2.84. The summed E-state index contributed by atoms with van der Waals surface area (Å²) in [6, 6.07) is -0.186. The second kappa shape index (κ2) is 6.65. The fraction of sp³-hybridized carbons (Fsp3) is 0.333. The van der Waals surface area contributed by atoms with Crippen LogP contribution in [0, 0.1) is 17.6 Å². The molecule has 0 aliphatic rings. The van der Waals surface area contributed by atoms with E-state index in [2.05, 4.69) is 21.2 Å². The fourth-order valence-corrected chi connectivity index (χ4v) is 1.87. The number of nitrogens with one attached hydrogen (secondary N) is 2. The molecule has 5 nitrogen and oxygen atoms in total. The molecule has 0 bridgehead atoms. The predicted octanol–water partition coefficient (Wildman–Crippen LogP) is 2.96. The van der Waals surface area contributed by atoms with Crippen molar-refractivity contribution >= 4 is 33.6 Å². The second-order valence-corrected chi connectivity index (χ2v) is 5.32. The molecule has 0 aliphatic heterocycles. The van der Waals surface area contributed by atoms with Crippen LogP contribution in [-0.4, -0.2) is 23.1 Å². The van der Waals surface area contributed by atoms with Crippen LogP contribution in [0.2, 0.25) is 0 Å². The van der Waals surface area contributed by atoms with Gasteiger partial charge in [0.25, 0.3) is 0 Å². The van der Waals surface area contributed by atoms with Crippen molar-refractivity contribution < 1.29 is 23.5 Å². The molecule has 20 heavy (non-hydrogen) atoms. The summed E-state index contributed by atoms with van der Waals surface area (Å²) in [6.07, 6.45) is 0. The van der Waals surface area contributed by atoms with E-state index < -0.39 is 35.4 Å². The lowest BCUT2D eigenvalue weighted by atomic mass is 10.1. The molecule has 8 heteroatoms. The highest BCUT2D eigenvalue weighted by Gasteiger charge is 2.24. The fourth-order valence-electron chi connectivity index (χ4n) is 1.47. The average Bonchev–Trinajstić information content (AvgIpc) is 2.29. The molecule has 0 saturated carbocycles. The van der Waals surface area contributed by atoms with Gasteiger partial charge in [-0.1, -0.05) is 29.8 Å². The summed E-state index contributed by atoms with van der Waals surface area (Å²) in [7, 11) is 0. The topological polar surface area (TPSA) is 78.4 Å². The van der Waals surface area contributed by atoms with Gasteiger partial charge in [0.05, 0.1) is 0 Å².